The molecule has 0 bridgehead atoms. The minimum absolute atomic E-state index is 0.422. The second-order valence-corrected chi connectivity index (χ2v) is 5.89. The highest BCUT2D eigenvalue weighted by atomic mass is 79.9. The molecule has 0 saturated carbocycles. The molecule has 0 aliphatic heterocycles. The van der Waals surface area contributed by atoms with Crippen molar-refractivity contribution in [2.45, 2.75) is 13.0 Å². The molecule has 0 aromatic heterocycles. The van der Waals surface area contributed by atoms with Gasteiger partial charge in [-0.1, -0.05) is 39.7 Å². The van der Waals surface area contributed by atoms with E-state index in [0.717, 1.165) is 22.0 Å². The topological polar surface area (TPSA) is 44.5 Å². The van der Waals surface area contributed by atoms with Gasteiger partial charge in [0.1, 0.15) is 6.61 Å². The van der Waals surface area contributed by atoms with E-state index in [-0.39, 0.29) is 0 Å². The first-order valence-electron chi connectivity index (χ1n) is 6.57. The molecule has 2 N–H and O–H groups in total. The predicted octanol–water partition coefficient (Wildman–Crippen LogP) is 4.19. The second-order valence-electron chi connectivity index (χ2n) is 4.57. The molecule has 112 valence electrons. The Morgan fingerprint density at radius 3 is 2.67 bits per heavy atom. The molecule has 0 aliphatic carbocycles. The molecule has 0 aliphatic rings. The molecular formula is C16H17BrClNO2. The average molecular weight is 371 g/mol. The molecule has 0 fully saturated rings. The van der Waals surface area contributed by atoms with Crippen molar-refractivity contribution in [2.75, 3.05) is 13.7 Å². The Kier molecular flexibility index (Phi) is 5.91. The van der Waals surface area contributed by atoms with Crippen molar-refractivity contribution in [2.24, 2.45) is 5.73 Å². The van der Waals surface area contributed by atoms with Crippen LogP contribution in [0.5, 0.6) is 11.5 Å². The highest BCUT2D eigenvalue weighted by molar-refractivity contribution is 9.10. The highest BCUT2D eigenvalue weighted by Crippen LogP contribution is 2.37. The van der Waals surface area contributed by atoms with Crippen LogP contribution in [0.15, 0.2) is 40.9 Å². The maximum absolute atomic E-state index is 6.29. The Bertz CT molecular complexity index is 619. The zero-order chi connectivity index (χ0) is 15.2. The third kappa shape index (κ3) is 4.37. The summed E-state index contributed by atoms with van der Waals surface area (Å²) < 4.78 is 12.2. The van der Waals surface area contributed by atoms with Gasteiger partial charge in [-0.15, -0.1) is 0 Å². The van der Waals surface area contributed by atoms with Gasteiger partial charge in [0, 0.05) is 4.47 Å². The van der Waals surface area contributed by atoms with Gasteiger partial charge in [0.2, 0.25) is 0 Å². The van der Waals surface area contributed by atoms with Crippen LogP contribution in [0.2, 0.25) is 5.02 Å². The van der Waals surface area contributed by atoms with Crippen molar-refractivity contribution < 1.29 is 9.47 Å². The van der Waals surface area contributed by atoms with Crippen LogP contribution in [0.25, 0.3) is 0 Å². The van der Waals surface area contributed by atoms with Gasteiger partial charge < -0.3 is 15.2 Å². The van der Waals surface area contributed by atoms with Crippen LogP contribution >= 0.6 is 27.5 Å². The minimum atomic E-state index is 0.422. The van der Waals surface area contributed by atoms with E-state index in [1.54, 1.807) is 7.11 Å². The van der Waals surface area contributed by atoms with Crippen LogP contribution in [-0.2, 0) is 13.0 Å². The average Bonchev–Trinajstić information content (AvgIpc) is 2.46. The Labute approximate surface area is 138 Å². The maximum Gasteiger partial charge on any atom is 0.180 e. The number of halogens is 2. The SMILES string of the molecule is COc1cc(CCN)cc(Cl)c1OCc1cccc(Br)c1. The zero-order valence-corrected chi connectivity index (χ0v) is 14.1. The summed E-state index contributed by atoms with van der Waals surface area (Å²) in [6.45, 7) is 0.990. The summed E-state index contributed by atoms with van der Waals surface area (Å²) in [5.74, 6) is 1.18. The van der Waals surface area contributed by atoms with E-state index in [4.69, 9.17) is 26.8 Å². The highest BCUT2D eigenvalue weighted by Gasteiger charge is 2.12. The number of benzene rings is 2. The molecule has 0 spiro atoms. The zero-order valence-electron chi connectivity index (χ0n) is 11.7. The first kappa shape index (κ1) is 16.1. The number of hydrogen-bond acceptors (Lipinski definition) is 3. The lowest BCUT2D eigenvalue weighted by molar-refractivity contribution is 0.284. The number of ether oxygens (including phenoxy) is 2. The fourth-order valence-corrected chi connectivity index (χ4v) is 2.74. The Morgan fingerprint density at radius 2 is 2.00 bits per heavy atom. The van der Waals surface area contributed by atoms with Gasteiger partial charge >= 0.3 is 0 Å². The number of nitrogens with two attached hydrogens (primary N) is 1. The summed E-state index contributed by atoms with van der Waals surface area (Å²) in [6, 6.07) is 11.7. The molecule has 0 unspecified atom stereocenters. The number of hydrogen-bond donors (Lipinski definition) is 1. The van der Waals surface area contributed by atoms with Gasteiger partial charge in [-0.25, -0.2) is 0 Å². The largest absolute Gasteiger partial charge is 0.493 e. The Hall–Kier alpha value is -1.23. The van der Waals surface area contributed by atoms with Gasteiger partial charge in [0.15, 0.2) is 11.5 Å². The quantitative estimate of drug-likeness (QED) is 0.829. The van der Waals surface area contributed by atoms with Gasteiger partial charge in [-0.05, 0) is 48.4 Å². The van der Waals surface area contributed by atoms with Crippen LogP contribution in [0.3, 0.4) is 0 Å². The van der Waals surface area contributed by atoms with E-state index in [0.29, 0.717) is 29.7 Å². The number of methoxy groups -OCH3 is 1. The standard InChI is InChI=1S/C16H17BrClNO2/c1-20-15-9-11(5-6-19)8-14(18)16(15)21-10-12-3-2-4-13(17)7-12/h2-4,7-9H,5-6,10,19H2,1H3. The lowest BCUT2D eigenvalue weighted by Gasteiger charge is -2.14. The molecule has 3 nitrogen and oxygen atoms in total. The lowest BCUT2D eigenvalue weighted by Crippen LogP contribution is -2.04. The summed E-state index contributed by atoms with van der Waals surface area (Å²) in [7, 11) is 1.60. The summed E-state index contributed by atoms with van der Waals surface area (Å²) in [4.78, 5) is 0. The van der Waals surface area contributed by atoms with E-state index in [2.05, 4.69) is 15.9 Å². The van der Waals surface area contributed by atoms with Crippen molar-refractivity contribution in [1.29, 1.82) is 0 Å². The van der Waals surface area contributed by atoms with Crippen LogP contribution < -0.4 is 15.2 Å². The van der Waals surface area contributed by atoms with E-state index < -0.39 is 0 Å². The first-order chi connectivity index (χ1) is 10.1. The van der Waals surface area contributed by atoms with Crippen LogP contribution in [0.1, 0.15) is 11.1 Å². The lowest BCUT2D eigenvalue weighted by atomic mass is 10.1. The van der Waals surface area contributed by atoms with Gasteiger partial charge in [0.25, 0.3) is 0 Å². The summed E-state index contributed by atoms with van der Waals surface area (Å²) >= 11 is 9.73. The van der Waals surface area contributed by atoms with Crippen LogP contribution in [-0.4, -0.2) is 13.7 Å². The molecule has 0 amide bonds. The molecule has 0 atom stereocenters. The fraction of sp³-hybridized carbons (Fsp3) is 0.250. The fourth-order valence-electron chi connectivity index (χ4n) is 2.01. The van der Waals surface area contributed by atoms with E-state index in [1.165, 1.54) is 0 Å². The molecule has 5 heteroatoms. The number of rotatable bonds is 6. The monoisotopic (exact) mass is 369 g/mol. The predicted molar refractivity (Wildman–Crippen MR) is 89.2 cm³/mol. The second kappa shape index (κ2) is 7.69. The molecule has 2 rings (SSSR count). The molecule has 0 radical (unpaired) electrons. The third-order valence-corrected chi connectivity index (χ3v) is 3.77. The van der Waals surface area contributed by atoms with E-state index >= 15 is 0 Å². The van der Waals surface area contributed by atoms with Crippen molar-refractivity contribution >= 4 is 27.5 Å². The van der Waals surface area contributed by atoms with E-state index in [9.17, 15) is 0 Å². The van der Waals surface area contributed by atoms with Gasteiger partial charge in [-0.3, -0.25) is 0 Å². The van der Waals surface area contributed by atoms with Crippen LogP contribution in [0.4, 0.5) is 0 Å². The molecule has 2 aromatic rings. The summed E-state index contributed by atoms with van der Waals surface area (Å²) in [6.07, 6.45) is 0.752. The minimum Gasteiger partial charge on any atom is -0.493 e. The van der Waals surface area contributed by atoms with Crippen molar-refractivity contribution in [3.05, 3.63) is 57.0 Å². The van der Waals surface area contributed by atoms with Crippen molar-refractivity contribution in [3.8, 4) is 11.5 Å². The molecule has 0 saturated heterocycles. The van der Waals surface area contributed by atoms with Crippen molar-refractivity contribution in [1.82, 2.24) is 0 Å². The Balaban J connectivity index is 2.19. The first-order valence-corrected chi connectivity index (χ1v) is 7.75. The summed E-state index contributed by atoms with van der Waals surface area (Å²) in [5, 5.41) is 0.535. The third-order valence-electron chi connectivity index (χ3n) is 2.99. The normalized spacial score (nSPS) is 10.5. The molecule has 0 heterocycles. The summed E-state index contributed by atoms with van der Waals surface area (Å²) in [5.41, 5.74) is 7.66. The smallest absolute Gasteiger partial charge is 0.180 e. The molecule has 2 aromatic carbocycles. The Morgan fingerprint density at radius 1 is 1.19 bits per heavy atom. The van der Waals surface area contributed by atoms with Gasteiger partial charge in [-0.2, -0.15) is 0 Å². The maximum atomic E-state index is 6.29. The van der Waals surface area contributed by atoms with Crippen LogP contribution in [0, 0.1) is 0 Å². The molecule has 21 heavy (non-hydrogen) atoms. The molecular weight excluding hydrogens is 354 g/mol. The van der Waals surface area contributed by atoms with Gasteiger partial charge in [0.05, 0.1) is 12.1 Å². The van der Waals surface area contributed by atoms with E-state index in [1.807, 2.05) is 36.4 Å². The van der Waals surface area contributed by atoms with Crippen molar-refractivity contribution in [3.63, 3.8) is 0 Å².